The van der Waals surface area contributed by atoms with E-state index in [4.69, 9.17) is 14.5 Å². The Morgan fingerprint density at radius 2 is 1.97 bits per heavy atom. The summed E-state index contributed by atoms with van der Waals surface area (Å²) in [5.74, 6) is 1.91. The lowest BCUT2D eigenvalue weighted by Gasteiger charge is -2.32. The Labute approximate surface area is 175 Å². The summed E-state index contributed by atoms with van der Waals surface area (Å²) in [6.07, 6.45) is 1.19. The SMILES string of the molecule is CCNC(=NCC(c1ccc(OC)cc1)N(C)C)N1CCC(N2CCOCC2)C1. The molecular weight excluding hydrogens is 366 g/mol. The Morgan fingerprint density at radius 3 is 2.59 bits per heavy atom. The van der Waals surface area contributed by atoms with Crippen LogP contribution in [0.1, 0.15) is 24.9 Å². The molecule has 1 N–H and O–H groups in total. The summed E-state index contributed by atoms with van der Waals surface area (Å²) in [4.78, 5) is 12.3. The van der Waals surface area contributed by atoms with Gasteiger partial charge in [0.05, 0.1) is 32.9 Å². The molecule has 1 aromatic carbocycles. The van der Waals surface area contributed by atoms with Crippen LogP contribution in [0.5, 0.6) is 5.75 Å². The molecule has 0 amide bonds. The van der Waals surface area contributed by atoms with E-state index < -0.39 is 0 Å². The molecule has 3 rings (SSSR count). The van der Waals surface area contributed by atoms with Crippen LogP contribution >= 0.6 is 0 Å². The van der Waals surface area contributed by atoms with Crippen LogP contribution in [0.3, 0.4) is 0 Å². The van der Waals surface area contributed by atoms with Crippen molar-refractivity contribution in [3.63, 3.8) is 0 Å². The average Bonchev–Trinajstić information content (AvgIpc) is 3.24. The van der Waals surface area contributed by atoms with Gasteiger partial charge >= 0.3 is 0 Å². The minimum atomic E-state index is 0.229. The predicted octanol–water partition coefficient (Wildman–Crippen LogP) is 1.67. The third kappa shape index (κ3) is 5.84. The van der Waals surface area contributed by atoms with Gasteiger partial charge in [-0.15, -0.1) is 0 Å². The summed E-state index contributed by atoms with van der Waals surface area (Å²) in [6.45, 7) is 9.65. The second-order valence-corrected chi connectivity index (χ2v) is 7.98. The number of nitrogens with zero attached hydrogens (tertiary/aromatic N) is 4. The van der Waals surface area contributed by atoms with E-state index in [1.807, 2.05) is 12.1 Å². The number of benzene rings is 1. The van der Waals surface area contributed by atoms with Crippen molar-refractivity contribution in [2.75, 3.05) is 73.7 Å². The van der Waals surface area contributed by atoms with Crippen LogP contribution in [0, 0.1) is 0 Å². The number of hydrogen-bond acceptors (Lipinski definition) is 5. The molecule has 162 valence electrons. The molecule has 0 spiro atoms. The van der Waals surface area contributed by atoms with Crippen LogP contribution in [-0.4, -0.2) is 100 Å². The van der Waals surface area contributed by atoms with Gasteiger partial charge in [-0.3, -0.25) is 9.89 Å². The normalized spacial score (nSPS) is 22.2. The van der Waals surface area contributed by atoms with Gasteiger partial charge in [0, 0.05) is 38.8 Å². The number of morpholine rings is 1. The van der Waals surface area contributed by atoms with E-state index in [1.54, 1.807) is 7.11 Å². The molecule has 2 unspecified atom stereocenters. The number of likely N-dealkylation sites (N-methyl/N-ethyl adjacent to an activating group) is 1. The summed E-state index contributed by atoms with van der Waals surface area (Å²) in [5, 5.41) is 3.51. The highest BCUT2D eigenvalue weighted by atomic mass is 16.5. The van der Waals surface area contributed by atoms with Crippen molar-refractivity contribution in [2.24, 2.45) is 4.99 Å². The molecule has 0 aromatic heterocycles. The van der Waals surface area contributed by atoms with Crippen LogP contribution < -0.4 is 10.1 Å². The van der Waals surface area contributed by atoms with E-state index in [9.17, 15) is 0 Å². The van der Waals surface area contributed by atoms with Gasteiger partial charge in [-0.2, -0.15) is 0 Å². The van der Waals surface area contributed by atoms with E-state index >= 15 is 0 Å². The monoisotopic (exact) mass is 403 g/mol. The molecular formula is C22H37N5O2. The Morgan fingerprint density at radius 1 is 1.24 bits per heavy atom. The molecule has 1 aromatic rings. The molecule has 0 saturated carbocycles. The van der Waals surface area contributed by atoms with Crippen molar-refractivity contribution in [1.82, 2.24) is 20.0 Å². The number of aliphatic imine (C=N–C) groups is 1. The summed E-state index contributed by atoms with van der Waals surface area (Å²) >= 11 is 0. The van der Waals surface area contributed by atoms with Crippen molar-refractivity contribution < 1.29 is 9.47 Å². The highest BCUT2D eigenvalue weighted by Crippen LogP contribution is 2.22. The standard InChI is InChI=1S/C22H37N5O2/c1-5-23-22(27-11-10-19(17-27)26-12-14-29-15-13-26)24-16-21(25(2)3)18-6-8-20(28-4)9-7-18/h6-9,19,21H,5,10-17H2,1-4H3,(H,23,24). The first-order chi connectivity index (χ1) is 14.1. The first-order valence-corrected chi connectivity index (χ1v) is 10.8. The lowest BCUT2D eigenvalue weighted by Crippen LogP contribution is -2.46. The molecule has 2 aliphatic rings. The minimum absolute atomic E-state index is 0.229. The second-order valence-electron chi connectivity index (χ2n) is 7.98. The van der Waals surface area contributed by atoms with E-state index in [-0.39, 0.29) is 6.04 Å². The molecule has 0 radical (unpaired) electrons. The van der Waals surface area contributed by atoms with Gasteiger partial charge in [0.15, 0.2) is 5.96 Å². The number of methoxy groups -OCH3 is 1. The number of guanidine groups is 1. The summed E-state index contributed by atoms with van der Waals surface area (Å²) in [5.41, 5.74) is 1.25. The number of hydrogen-bond donors (Lipinski definition) is 1. The smallest absolute Gasteiger partial charge is 0.194 e. The molecule has 2 saturated heterocycles. The van der Waals surface area contributed by atoms with Gasteiger partial charge in [0.2, 0.25) is 0 Å². The van der Waals surface area contributed by atoms with E-state index in [2.05, 4.69) is 53.2 Å². The summed E-state index contributed by atoms with van der Waals surface area (Å²) in [7, 11) is 5.93. The Bertz CT molecular complexity index is 643. The third-order valence-electron chi connectivity index (χ3n) is 5.90. The molecule has 7 nitrogen and oxygen atoms in total. The number of rotatable bonds is 7. The number of nitrogens with one attached hydrogen (secondary N) is 1. The number of ether oxygens (including phenoxy) is 2. The minimum Gasteiger partial charge on any atom is -0.497 e. The van der Waals surface area contributed by atoms with Crippen LogP contribution in [0.25, 0.3) is 0 Å². The Balaban J connectivity index is 1.66. The second kappa shape index (κ2) is 10.8. The van der Waals surface area contributed by atoms with Crippen molar-refractivity contribution in [3.8, 4) is 5.75 Å². The summed E-state index contributed by atoms with van der Waals surface area (Å²) < 4.78 is 10.8. The molecule has 2 heterocycles. The van der Waals surface area contributed by atoms with Crippen LogP contribution in [-0.2, 0) is 4.74 Å². The number of likely N-dealkylation sites (tertiary alicyclic amines) is 1. The molecule has 29 heavy (non-hydrogen) atoms. The fraction of sp³-hybridized carbons (Fsp3) is 0.682. The van der Waals surface area contributed by atoms with E-state index in [0.29, 0.717) is 6.04 Å². The largest absolute Gasteiger partial charge is 0.497 e. The Kier molecular flexibility index (Phi) is 8.15. The average molecular weight is 404 g/mol. The highest BCUT2D eigenvalue weighted by molar-refractivity contribution is 5.80. The third-order valence-corrected chi connectivity index (χ3v) is 5.90. The van der Waals surface area contributed by atoms with Crippen LogP contribution in [0.4, 0.5) is 0 Å². The maximum atomic E-state index is 5.51. The van der Waals surface area contributed by atoms with Crippen LogP contribution in [0.2, 0.25) is 0 Å². The van der Waals surface area contributed by atoms with Gasteiger partial charge in [0.1, 0.15) is 5.75 Å². The Hall–Kier alpha value is -1.83. The van der Waals surface area contributed by atoms with Crippen molar-refractivity contribution >= 4 is 5.96 Å². The molecule has 2 atom stereocenters. The lowest BCUT2D eigenvalue weighted by atomic mass is 10.1. The van der Waals surface area contributed by atoms with Gasteiger partial charge in [-0.05, 0) is 45.1 Å². The quantitative estimate of drug-likeness (QED) is 0.552. The van der Waals surface area contributed by atoms with Gasteiger partial charge in [-0.1, -0.05) is 12.1 Å². The zero-order valence-electron chi connectivity index (χ0n) is 18.4. The molecule has 2 fully saturated rings. The lowest BCUT2D eigenvalue weighted by molar-refractivity contribution is 0.0195. The molecule has 2 aliphatic heterocycles. The fourth-order valence-electron chi connectivity index (χ4n) is 4.17. The zero-order chi connectivity index (χ0) is 20.6. The topological polar surface area (TPSA) is 52.6 Å². The van der Waals surface area contributed by atoms with Crippen molar-refractivity contribution in [1.29, 1.82) is 0 Å². The predicted molar refractivity (Wildman–Crippen MR) is 118 cm³/mol. The maximum Gasteiger partial charge on any atom is 0.194 e. The van der Waals surface area contributed by atoms with Gasteiger partial charge in [-0.25, -0.2) is 0 Å². The fourth-order valence-corrected chi connectivity index (χ4v) is 4.17. The van der Waals surface area contributed by atoms with Gasteiger partial charge < -0.3 is 24.6 Å². The maximum absolute atomic E-state index is 5.51. The van der Waals surface area contributed by atoms with E-state index in [1.165, 1.54) is 12.0 Å². The zero-order valence-corrected chi connectivity index (χ0v) is 18.4. The van der Waals surface area contributed by atoms with Gasteiger partial charge in [0.25, 0.3) is 0 Å². The van der Waals surface area contributed by atoms with E-state index in [0.717, 1.165) is 64.2 Å². The highest BCUT2D eigenvalue weighted by Gasteiger charge is 2.30. The molecule has 0 aliphatic carbocycles. The summed E-state index contributed by atoms with van der Waals surface area (Å²) in [6, 6.07) is 9.15. The van der Waals surface area contributed by atoms with Crippen LogP contribution in [0.15, 0.2) is 29.3 Å². The van der Waals surface area contributed by atoms with Crippen molar-refractivity contribution in [2.45, 2.75) is 25.4 Å². The molecule has 7 heteroatoms. The first kappa shape index (κ1) is 21.9. The van der Waals surface area contributed by atoms with Crippen molar-refractivity contribution in [3.05, 3.63) is 29.8 Å². The molecule has 0 bridgehead atoms. The first-order valence-electron chi connectivity index (χ1n) is 10.8.